The Morgan fingerprint density at radius 3 is 1.63 bits per heavy atom. The van der Waals surface area contributed by atoms with E-state index in [0.717, 1.165) is 12.8 Å². The molecule has 0 aliphatic heterocycles. The van der Waals surface area contributed by atoms with Gasteiger partial charge in [0.1, 0.15) is 0 Å². The lowest BCUT2D eigenvalue weighted by atomic mass is 9.82. The van der Waals surface area contributed by atoms with Crippen molar-refractivity contribution in [1.29, 1.82) is 0 Å². The Labute approximate surface area is 113 Å². The summed E-state index contributed by atoms with van der Waals surface area (Å²) >= 11 is 0. The van der Waals surface area contributed by atoms with E-state index in [1.54, 1.807) is 7.11 Å². The lowest BCUT2D eigenvalue weighted by molar-refractivity contribution is -0.153. The molecule has 2 aliphatic rings. The average molecular weight is 274 g/mol. The summed E-state index contributed by atoms with van der Waals surface area (Å²) < 4.78 is 14.0. The summed E-state index contributed by atoms with van der Waals surface area (Å²) in [4.78, 5) is 21.4. The maximum absolute atomic E-state index is 10.8. The molecule has 0 saturated heterocycles. The molecule has 19 heavy (non-hydrogen) atoms. The zero-order valence-electron chi connectivity index (χ0n) is 11.6. The fraction of sp³-hybridized carbons (Fsp3) is 0.846. The highest BCUT2D eigenvalue weighted by Crippen LogP contribution is 2.30. The predicted molar refractivity (Wildman–Crippen MR) is 66.3 cm³/mol. The van der Waals surface area contributed by atoms with Crippen molar-refractivity contribution in [2.45, 2.75) is 37.9 Å². The summed E-state index contributed by atoms with van der Waals surface area (Å²) in [5, 5.41) is 8.75. The Kier molecular flexibility index (Phi) is 6.24. The summed E-state index contributed by atoms with van der Waals surface area (Å²) in [7, 11) is 4.45. The molecule has 0 amide bonds. The van der Waals surface area contributed by atoms with Gasteiger partial charge in [0, 0.05) is 7.11 Å². The number of carbonyl (C=O) groups excluding carboxylic acids is 2. The maximum Gasteiger partial charge on any atom is 0.308 e. The molecule has 0 bridgehead atoms. The second-order valence-corrected chi connectivity index (χ2v) is 4.89. The molecule has 2 fully saturated rings. The highest BCUT2D eigenvalue weighted by Gasteiger charge is 2.35. The Morgan fingerprint density at radius 1 is 0.895 bits per heavy atom. The van der Waals surface area contributed by atoms with Crippen LogP contribution in [0.25, 0.3) is 0 Å². The molecule has 0 aromatic rings. The van der Waals surface area contributed by atoms with Gasteiger partial charge >= 0.3 is 11.9 Å². The van der Waals surface area contributed by atoms with Crippen molar-refractivity contribution in [2.75, 3.05) is 21.3 Å². The molecular weight excluding hydrogens is 252 g/mol. The monoisotopic (exact) mass is 274 g/mol. The van der Waals surface area contributed by atoms with Crippen LogP contribution in [0.2, 0.25) is 0 Å². The molecule has 2 aliphatic carbocycles. The lowest BCUT2D eigenvalue weighted by Gasteiger charge is -2.31. The molecule has 2 rings (SSSR count). The summed E-state index contributed by atoms with van der Waals surface area (Å²) in [5.41, 5.74) is 0. The van der Waals surface area contributed by atoms with Crippen molar-refractivity contribution in [2.24, 2.45) is 11.8 Å². The van der Waals surface area contributed by atoms with Crippen molar-refractivity contribution in [3.63, 3.8) is 0 Å². The molecule has 0 heterocycles. The van der Waals surface area contributed by atoms with E-state index >= 15 is 0 Å². The number of carbonyl (C=O) groups is 2. The van der Waals surface area contributed by atoms with Crippen molar-refractivity contribution < 1.29 is 28.9 Å². The summed E-state index contributed by atoms with van der Waals surface area (Å²) in [6, 6.07) is 0. The second kappa shape index (κ2) is 7.45. The first-order chi connectivity index (χ1) is 9.01. The van der Waals surface area contributed by atoms with Crippen LogP contribution < -0.4 is 0 Å². The van der Waals surface area contributed by atoms with Gasteiger partial charge in [-0.25, -0.2) is 0 Å². The van der Waals surface area contributed by atoms with Gasteiger partial charge in [0.15, 0.2) is 0 Å². The van der Waals surface area contributed by atoms with E-state index in [9.17, 15) is 9.59 Å². The number of ether oxygens (including phenoxy) is 3. The molecular formula is C13H22O6. The third-order valence-corrected chi connectivity index (χ3v) is 3.61. The van der Waals surface area contributed by atoms with Crippen LogP contribution in [0.5, 0.6) is 0 Å². The van der Waals surface area contributed by atoms with Crippen LogP contribution in [0.3, 0.4) is 0 Å². The minimum Gasteiger partial charge on any atom is -0.469 e. The lowest BCUT2D eigenvalue weighted by Crippen LogP contribution is -2.36. The average Bonchev–Trinajstić information content (AvgIpc) is 2.33. The standard InChI is InChI=1S/C7H12O3.C6H10O3/c1-9-6-3-5(4-6)7(8)10-2;1-9-6(8)4-2-5(7)3-4/h5-6H,3-4H2,1-2H3;4-5,7H,2-3H2,1H3. The number of methoxy groups -OCH3 is 3. The summed E-state index contributed by atoms with van der Waals surface area (Å²) in [5.74, 6) is -0.242. The van der Waals surface area contributed by atoms with Gasteiger partial charge in [0.05, 0.1) is 38.3 Å². The summed E-state index contributed by atoms with van der Waals surface area (Å²) in [6.45, 7) is 0. The second-order valence-electron chi connectivity index (χ2n) is 4.89. The normalized spacial score (nSPS) is 32.0. The zero-order valence-corrected chi connectivity index (χ0v) is 11.6. The first-order valence-electron chi connectivity index (χ1n) is 6.38. The van der Waals surface area contributed by atoms with Crippen LogP contribution in [0.4, 0.5) is 0 Å². The fourth-order valence-corrected chi connectivity index (χ4v) is 2.06. The topological polar surface area (TPSA) is 82.1 Å². The molecule has 0 spiro atoms. The molecule has 1 N–H and O–H groups in total. The van der Waals surface area contributed by atoms with Crippen molar-refractivity contribution in [3.8, 4) is 0 Å². The predicted octanol–water partition coefficient (Wildman–Crippen LogP) is 0.515. The molecule has 0 unspecified atom stereocenters. The van der Waals surface area contributed by atoms with Crippen LogP contribution in [0, 0.1) is 11.8 Å². The maximum atomic E-state index is 10.8. The molecule has 0 atom stereocenters. The smallest absolute Gasteiger partial charge is 0.308 e. The molecule has 0 aromatic heterocycles. The minimum absolute atomic E-state index is 0.0370. The fourth-order valence-electron chi connectivity index (χ4n) is 2.06. The zero-order chi connectivity index (χ0) is 14.4. The van der Waals surface area contributed by atoms with Gasteiger partial charge in [-0.2, -0.15) is 0 Å². The van der Waals surface area contributed by atoms with Crippen molar-refractivity contribution in [1.82, 2.24) is 0 Å². The Morgan fingerprint density at radius 2 is 1.32 bits per heavy atom. The Hall–Kier alpha value is -1.14. The highest BCUT2D eigenvalue weighted by atomic mass is 16.5. The van der Waals surface area contributed by atoms with Gasteiger partial charge in [-0.05, 0) is 25.7 Å². The quantitative estimate of drug-likeness (QED) is 0.755. The number of esters is 2. The SMILES string of the molecule is COC(=O)C1CC(O)C1.COC(=O)C1CC(OC)C1. The first kappa shape index (κ1) is 15.9. The van der Waals surface area contributed by atoms with Crippen LogP contribution in [0.1, 0.15) is 25.7 Å². The van der Waals surface area contributed by atoms with E-state index in [0.29, 0.717) is 12.8 Å². The first-order valence-corrected chi connectivity index (χ1v) is 6.38. The third-order valence-electron chi connectivity index (χ3n) is 3.61. The van der Waals surface area contributed by atoms with E-state index in [4.69, 9.17) is 9.84 Å². The van der Waals surface area contributed by atoms with Crippen molar-refractivity contribution >= 4 is 11.9 Å². The summed E-state index contributed by atoms with van der Waals surface area (Å²) in [6.07, 6.45) is 2.81. The van der Waals surface area contributed by atoms with Gasteiger partial charge in [-0.15, -0.1) is 0 Å². The van der Waals surface area contributed by atoms with Crippen LogP contribution in [0.15, 0.2) is 0 Å². The van der Waals surface area contributed by atoms with Crippen LogP contribution in [-0.4, -0.2) is 50.6 Å². The number of hydrogen-bond acceptors (Lipinski definition) is 6. The minimum atomic E-state index is -0.269. The van der Waals surface area contributed by atoms with Gasteiger partial charge in [0.2, 0.25) is 0 Å². The molecule has 0 aromatic carbocycles. The van der Waals surface area contributed by atoms with Gasteiger partial charge in [0.25, 0.3) is 0 Å². The number of aliphatic hydroxyl groups is 1. The molecule has 6 nitrogen and oxygen atoms in total. The van der Waals surface area contributed by atoms with Gasteiger partial charge < -0.3 is 19.3 Å². The number of rotatable bonds is 3. The highest BCUT2D eigenvalue weighted by molar-refractivity contribution is 5.73. The van der Waals surface area contributed by atoms with E-state index < -0.39 is 0 Å². The van der Waals surface area contributed by atoms with Crippen LogP contribution >= 0.6 is 0 Å². The van der Waals surface area contributed by atoms with E-state index in [2.05, 4.69) is 9.47 Å². The Balaban J connectivity index is 0.000000191. The van der Waals surface area contributed by atoms with Gasteiger partial charge in [-0.3, -0.25) is 9.59 Å². The molecule has 0 radical (unpaired) electrons. The molecule has 110 valence electrons. The van der Waals surface area contributed by atoms with Crippen molar-refractivity contribution in [3.05, 3.63) is 0 Å². The van der Waals surface area contributed by atoms with E-state index in [1.165, 1.54) is 14.2 Å². The number of hydrogen-bond donors (Lipinski definition) is 1. The molecule has 2 saturated carbocycles. The van der Waals surface area contributed by atoms with E-state index in [-0.39, 0.29) is 36.0 Å². The largest absolute Gasteiger partial charge is 0.469 e. The van der Waals surface area contributed by atoms with Gasteiger partial charge in [-0.1, -0.05) is 0 Å². The number of aliphatic hydroxyl groups excluding tert-OH is 1. The third kappa shape index (κ3) is 4.47. The van der Waals surface area contributed by atoms with E-state index in [1.807, 2.05) is 0 Å². The van der Waals surface area contributed by atoms with Crippen LogP contribution in [-0.2, 0) is 23.8 Å². The Bertz CT molecular complexity index is 304. The molecule has 6 heteroatoms.